The highest BCUT2D eigenvalue weighted by Crippen LogP contribution is 2.43. The number of carboxylic acid groups (broad SMARTS) is 1. The number of methoxy groups -OCH3 is 1. The van der Waals surface area contributed by atoms with E-state index in [9.17, 15) is 19.1 Å². The molecule has 1 amide bonds. The molecule has 5 nitrogen and oxygen atoms in total. The number of ether oxygens (including phenoxy) is 1. The summed E-state index contributed by atoms with van der Waals surface area (Å²) < 4.78 is 18.6. The van der Waals surface area contributed by atoms with Crippen molar-refractivity contribution in [2.24, 2.45) is 11.8 Å². The van der Waals surface area contributed by atoms with Gasteiger partial charge in [0.1, 0.15) is 17.6 Å². The summed E-state index contributed by atoms with van der Waals surface area (Å²) in [5, 5.41) is 9.51. The number of nitrogens with zero attached hydrogens (tertiary/aromatic N) is 1. The molecule has 3 atom stereocenters. The van der Waals surface area contributed by atoms with Crippen molar-refractivity contribution >= 4 is 11.9 Å². The third kappa shape index (κ3) is 2.32. The number of hydrogen-bond acceptors (Lipinski definition) is 3. The van der Waals surface area contributed by atoms with Crippen LogP contribution in [0.1, 0.15) is 29.6 Å². The number of hydrogen-bond donors (Lipinski definition) is 1. The molecule has 0 bridgehead atoms. The molecule has 1 heterocycles. The van der Waals surface area contributed by atoms with E-state index in [1.54, 1.807) is 0 Å². The third-order valence-corrected chi connectivity index (χ3v) is 4.80. The molecular formula is C16H18FNO4. The molecule has 6 heteroatoms. The lowest BCUT2D eigenvalue weighted by atomic mass is 9.94. The lowest BCUT2D eigenvalue weighted by Gasteiger charge is -2.25. The Kier molecular flexibility index (Phi) is 3.76. The Morgan fingerprint density at radius 1 is 1.36 bits per heavy atom. The normalized spacial score (nSPS) is 26.8. The SMILES string of the molecule is COc1ccc(F)cc1C(=O)N1C[C@@H]2CCC[C@H]2[C@@H]1C(=O)O. The van der Waals surface area contributed by atoms with Gasteiger partial charge in [-0.05, 0) is 42.9 Å². The minimum absolute atomic E-state index is 0.000930. The molecule has 1 saturated carbocycles. The molecule has 1 aliphatic carbocycles. The molecule has 22 heavy (non-hydrogen) atoms. The number of carboxylic acids is 1. The topological polar surface area (TPSA) is 66.8 Å². The first-order valence-electron chi connectivity index (χ1n) is 7.40. The maximum absolute atomic E-state index is 13.5. The van der Waals surface area contributed by atoms with E-state index in [-0.39, 0.29) is 23.1 Å². The van der Waals surface area contributed by atoms with Crippen LogP contribution in [0.15, 0.2) is 18.2 Å². The lowest BCUT2D eigenvalue weighted by Crippen LogP contribution is -2.43. The second kappa shape index (κ2) is 5.59. The van der Waals surface area contributed by atoms with E-state index in [4.69, 9.17) is 4.74 Å². The molecule has 2 aliphatic rings. The summed E-state index contributed by atoms with van der Waals surface area (Å²) in [6.45, 7) is 0.417. The monoisotopic (exact) mass is 307 g/mol. The molecule has 0 unspecified atom stereocenters. The van der Waals surface area contributed by atoms with Crippen LogP contribution in [0.5, 0.6) is 5.75 Å². The van der Waals surface area contributed by atoms with Gasteiger partial charge in [0.25, 0.3) is 5.91 Å². The van der Waals surface area contributed by atoms with Crippen LogP contribution in [0.3, 0.4) is 0 Å². The van der Waals surface area contributed by atoms with Crippen LogP contribution in [0.4, 0.5) is 4.39 Å². The van der Waals surface area contributed by atoms with Gasteiger partial charge in [-0.1, -0.05) is 6.42 Å². The van der Waals surface area contributed by atoms with Gasteiger partial charge >= 0.3 is 5.97 Å². The average Bonchev–Trinajstić information content (AvgIpc) is 3.06. The number of carbonyl (C=O) groups excluding carboxylic acids is 1. The molecule has 2 fully saturated rings. The van der Waals surface area contributed by atoms with Gasteiger partial charge in [0, 0.05) is 6.54 Å². The number of amides is 1. The van der Waals surface area contributed by atoms with E-state index in [1.807, 2.05) is 0 Å². The quantitative estimate of drug-likeness (QED) is 0.929. The molecule has 1 aliphatic heterocycles. The first-order valence-corrected chi connectivity index (χ1v) is 7.40. The summed E-state index contributed by atoms with van der Waals surface area (Å²) in [7, 11) is 1.40. The van der Waals surface area contributed by atoms with E-state index in [0.717, 1.165) is 25.3 Å². The zero-order chi connectivity index (χ0) is 15.9. The Balaban J connectivity index is 1.94. The number of halogens is 1. The van der Waals surface area contributed by atoms with Crippen LogP contribution in [-0.4, -0.2) is 41.6 Å². The molecule has 1 N–H and O–H groups in total. The summed E-state index contributed by atoms with van der Waals surface area (Å²) in [5.41, 5.74) is 0.0775. The van der Waals surface area contributed by atoms with Crippen molar-refractivity contribution in [2.45, 2.75) is 25.3 Å². The smallest absolute Gasteiger partial charge is 0.326 e. The maximum atomic E-state index is 13.5. The van der Waals surface area contributed by atoms with E-state index < -0.39 is 23.7 Å². The number of benzene rings is 1. The van der Waals surface area contributed by atoms with Crippen molar-refractivity contribution in [1.29, 1.82) is 0 Å². The summed E-state index contributed by atoms with van der Waals surface area (Å²) >= 11 is 0. The molecule has 0 radical (unpaired) electrons. The van der Waals surface area contributed by atoms with Gasteiger partial charge in [-0.25, -0.2) is 9.18 Å². The van der Waals surface area contributed by atoms with E-state index in [1.165, 1.54) is 24.1 Å². The van der Waals surface area contributed by atoms with Crippen molar-refractivity contribution in [3.05, 3.63) is 29.6 Å². The fraction of sp³-hybridized carbons (Fsp3) is 0.500. The second-order valence-corrected chi connectivity index (χ2v) is 5.94. The standard InChI is InChI=1S/C16H18FNO4/c1-22-13-6-5-10(17)7-12(13)15(19)18-8-9-3-2-4-11(9)14(18)16(20)21/h5-7,9,11,14H,2-4,8H2,1H3,(H,20,21)/t9-,11+,14+/m0/s1. The van der Waals surface area contributed by atoms with Crippen LogP contribution < -0.4 is 4.74 Å². The first kappa shape index (κ1) is 14.8. The third-order valence-electron chi connectivity index (χ3n) is 4.80. The predicted molar refractivity (Wildman–Crippen MR) is 76.2 cm³/mol. The Bertz CT molecular complexity index is 618. The van der Waals surface area contributed by atoms with Gasteiger partial charge in [0.15, 0.2) is 0 Å². The summed E-state index contributed by atoms with van der Waals surface area (Å²) in [6.07, 6.45) is 2.77. The zero-order valence-corrected chi connectivity index (χ0v) is 12.3. The second-order valence-electron chi connectivity index (χ2n) is 5.94. The molecule has 1 aromatic carbocycles. The van der Waals surface area contributed by atoms with Crippen LogP contribution in [0.25, 0.3) is 0 Å². The van der Waals surface area contributed by atoms with E-state index in [2.05, 4.69) is 0 Å². The lowest BCUT2D eigenvalue weighted by molar-refractivity contribution is -0.142. The molecule has 0 aromatic heterocycles. The van der Waals surface area contributed by atoms with E-state index in [0.29, 0.717) is 6.54 Å². The minimum Gasteiger partial charge on any atom is -0.496 e. The van der Waals surface area contributed by atoms with Crippen LogP contribution >= 0.6 is 0 Å². The number of fused-ring (bicyclic) bond motifs is 1. The van der Waals surface area contributed by atoms with Crippen molar-refractivity contribution in [3.63, 3.8) is 0 Å². The zero-order valence-electron chi connectivity index (χ0n) is 12.3. The summed E-state index contributed by atoms with van der Waals surface area (Å²) in [6, 6.07) is 2.87. The average molecular weight is 307 g/mol. The van der Waals surface area contributed by atoms with Gasteiger partial charge in [0.05, 0.1) is 12.7 Å². The number of aliphatic carboxylic acids is 1. The number of rotatable bonds is 3. The van der Waals surface area contributed by atoms with Crippen molar-refractivity contribution < 1.29 is 23.8 Å². The van der Waals surface area contributed by atoms with Crippen LogP contribution in [0, 0.1) is 17.7 Å². The van der Waals surface area contributed by atoms with Crippen molar-refractivity contribution in [1.82, 2.24) is 4.90 Å². The molecule has 1 aromatic rings. The Morgan fingerprint density at radius 3 is 2.82 bits per heavy atom. The van der Waals surface area contributed by atoms with Gasteiger partial charge in [-0.2, -0.15) is 0 Å². The molecule has 1 saturated heterocycles. The van der Waals surface area contributed by atoms with Gasteiger partial charge in [0.2, 0.25) is 0 Å². The highest BCUT2D eigenvalue weighted by atomic mass is 19.1. The van der Waals surface area contributed by atoms with Gasteiger partial charge in [-0.15, -0.1) is 0 Å². The summed E-state index contributed by atoms with van der Waals surface area (Å²) in [5.74, 6) is -1.52. The van der Waals surface area contributed by atoms with Gasteiger partial charge in [-0.3, -0.25) is 4.79 Å². The van der Waals surface area contributed by atoms with Gasteiger partial charge < -0.3 is 14.7 Å². The predicted octanol–water partition coefficient (Wildman–Crippen LogP) is 2.16. The minimum atomic E-state index is -0.988. The Morgan fingerprint density at radius 2 is 2.14 bits per heavy atom. The van der Waals surface area contributed by atoms with Crippen molar-refractivity contribution in [3.8, 4) is 5.75 Å². The maximum Gasteiger partial charge on any atom is 0.326 e. The highest BCUT2D eigenvalue weighted by molar-refractivity contribution is 5.99. The Labute approximate surface area is 127 Å². The largest absolute Gasteiger partial charge is 0.496 e. The Hall–Kier alpha value is -2.11. The first-order chi connectivity index (χ1) is 10.5. The number of likely N-dealkylation sites (tertiary alicyclic amines) is 1. The fourth-order valence-electron chi connectivity index (χ4n) is 3.83. The molecule has 118 valence electrons. The molecule has 3 rings (SSSR count). The fourth-order valence-corrected chi connectivity index (χ4v) is 3.83. The molecular weight excluding hydrogens is 289 g/mol. The number of carbonyl (C=O) groups is 2. The van der Waals surface area contributed by atoms with Crippen LogP contribution in [-0.2, 0) is 4.79 Å². The summed E-state index contributed by atoms with van der Waals surface area (Å²) in [4.78, 5) is 25.7. The molecule has 0 spiro atoms. The van der Waals surface area contributed by atoms with Crippen molar-refractivity contribution in [2.75, 3.05) is 13.7 Å². The van der Waals surface area contributed by atoms with Crippen LogP contribution in [0.2, 0.25) is 0 Å². The highest BCUT2D eigenvalue weighted by Gasteiger charge is 2.49. The van der Waals surface area contributed by atoms with E-state index >= 15 is 0 Å².